The third-order valence-electron chi connectivity index (χ3n) is 4.02. The summed E-state index contributed by atoms with van der Waals surface area (Å²) in [7, 11) is 0. The summed E-state index contributed by atoms with van der Waals surface area (Å²) >= 11 is 0. The topological polar surface area (TPSA) is 114 Å². The molecule has 0 saturated heterocycles. The van der Waals surface area contributed by atoms with E-state index in [1.807, 2.05) is 30.3 Å². The van der Waals surface area contributed by atoms with Crippen LogP contribution in [-0.2, 0) is 20.8 Å². The number of anilines is 1. The van der Waals surface area contributed by atoms with Crippen LogP contribution in [0.25, 0.3) is 11.0 Å². The lowest BCUT2D eigenvalue weighted by atomic mass is 10.1. The highest BCUT2D eigenvalue weighted by molar-refractivity contribution is 6.39. The van der Waals surface area contributed by atoms with Crippen LogP contribution < -0.4 is 16.4 Å². The van der Waals surface area contributed by atoms with E-state index in [0.717, 1.165) is 10.9 Å². The van der Waals surface area contributed by atoms with E-state index >= 15 is 0 Å². The number of benzene rings is 2. The van der Waals surface area contributed by atoms with Gasteiger partial charge in [-0.2, -0.15) is 0 Å². The van der Waals surface area contributed by atoms with Crippen LogP contribution in [-0.4, -0.2) is 17.7 Å². The third kappa shape index (κ3) is 4.52. The lowest BCUT2D eigenvalue weighted by Crippen LogP contribution is -2.36. The number of hydrogen-bond donors (Lipinski definition) is 3. The van der Waals surface area contributed by atoms with E-state index in [1.165, 1.54) is 0 Å². The molecule has 138 valence electrons. The molecule has 1 heterocycles. The number of rotatable bonds is 5. The number of hydrogen-bond acceptors (Lipinski definition) is 4. The second-order valence-corrected chi connectivity index (χ2v) is 6.18. The van der Waals surface area contributed by atoms with Crippen LogP contribution >= 0.6 is 0 Å². The van der Waals surface area contributed by atoms with E-state index in [-0.39, 0.29) is 6.42 Å². The van der Waals surface area contributed by atoms with Crippen molar-refractivity contribution in [3.05, 3.63) is 65.9 Å². The molecule has 0 aliphatic heterocycles. The van der Waals surface area contributed by atoms with Crippen molar-refractivity contribution >= 4 is 34.4 Å². The first-order valence-corrected chi connectivity index (χ1v) is 8.40. The molecule has 2 aromatic carbocycles. The Hall–Kier alpha value is -3.61. The predicted molar refractivity (Wildman–Crippen MR) is 101 cm³/mol. The quantitative estimate of drug-likeness (QED) is 0.602. The molecule has 27 heavy (non-hydrogen) atoms. The Morgan fingerprint density at radius 2 is 1.74 bits per heavy atom. The van der Waals surface area contributed by atoms with Crippen LogP contribution in [0.1, 0.15) is 24.3 Å². The molecule has 7 heteroatoms. The van der Waals surface area contributed by atoms with Crippen molar-refractivity contribution in [3.8, 4) is 0 Å². The zero-order valence-electron chi connectivity index (χ0n) is 14.7. The second kappa shape index (κ2) is 7.74. The van der Waals surface area contributed by atoms with Gasteiger partial charge in [0.25, 0.3) is 0 Å². The number of para-hydroxylation sites is 1. The molecule has 1 atom stereocenters. The molecule has 1 aromatic heterocycles. The molecule has 3 aromatic rings. The molecular formula is C20H19N3O4. The number of nitrogens with one attached hydrogen (secondary N) is 2. The van der Waals surface area contributed by atoms with Crippen LogP contribution in [0.4, 0.5) is 5.69 Å². The molecule has 0 radical (unpaired) electrons. The van der Waals surface area contributed by atoms with E-state index in [2.05, 4.69) is 10.6 Å². The van der Waals surface area contributed by atoms with Gasteiger partial charge in [-0.05, 0) is 36.8 Å². The molecule has 0 fully saturated rings. The fourth-order valence-electron chi connectivity index (χ4n) is 2.64. The number of furan rings is 1. The number of fused-ring (bicyclic) bond motifs is 1. The maximum atomic E-state index is 12.1. The van der Waals surface area contributed by atoms with Crippen molar-refractivity contribution in [2.75, 3.05) is 5.32 Å². The Kier molecular flexibility index (Phi) is 5.21. The number of carbonyl (C=O) groups is 3. The lowest BCUT2D eigenvalue weighted by Gasteiger charge is -2.11. The fourth-order valence-corrected chi connectivity index (χ4v) is 2.64. The van der Waals surface area contributed by atoms with Crippen molar-refractivity contribution in [1.82, 2.24) is 5.32 Å². The SMILES string of the molecule is CC(NC(=O)C(=O)Nc1ccc(CC(N)=O)cc1)c1cc2ccccc2o1. The van der Waals surface area contributed by atoms with Gasteiger partial charge in [-0.15, -0.1) is 0 Å². The van der Waals surface area contributed by atoms with Gasteiger partial charge < -0.3 is 20.8 Å². The number of carbonyl (C=O) groups excluding carboxylic acids is 3. The Labute approximate surface area is 155 Å². The largest absolute Gasteiger partial charge is 0.459 e. The van der Waals surface area contributed by atoms with Crippen molar-refractivity contribution in [2.24, 2.45) is 5.73 Å². The monoisotopic (exact) mass is 365 g/mol. The smallest absolute Gasteiger partial charge is 0.313 e. The van der Waals surface area contributed by atoms with Gasteiger partial charge in [0.05, 0.1) is 12.5 Å². The highest BCUT2D eigenvalue weighted by atomic mass is 16.3. The number of amides is 3. The van der Waals surface area contributed by atoms with E-state index in [0.29, 0.717) is 17.0 Å². The average molecular weight is 365 g/mol. The summed E-state index contributed by atoms with van der Waals surface area (Å²) in [6.45, 7) is 1.74. The highest BCUT2D eigenvalue weighted by Gasteiger charge is 2.19. The van der Waals surface area contributed by atoms with Gasteiger partial charge in [-0.1, -0.05) is 30.3 Å². The molecule has 3 rings (SSSR count). The zero-order valence-corrected chi connectivity index (χ0v) is 14.7. The Bertz CT molecular complexity index is 959. The Morgan fingerprint density at radius 3 is 2.41 bits per heavy atom. The first kappa shape index (κ1) is 18.2. The van der Waals surface area contributed by atoms with E-state index in [4.69, 9.17) is 10.2 Å². The van der Waals surface area contributed by atoms with E-state index in [9.17, 15) is 14.4 Å². The summed E-state index contributed by atoms with van der Waals surface area (Å²) in [5.74, 6) is -1.44. The summed E-state index contributed by atoms with van der Waals surface area (Å²) in [5.41, 5.74) is 7.02. The first-order chi connectivity index (χ1) is 12.9. The first-order valence-electron chi connectivity index (χ1n) is 8.40. The molecule has 0 saturated carbocycles. The molecule has 0 aliphatic carbocycles. The average Bonchev–Trinajstić information content (AvgIpc) is 3.07. The lowest BCUT2D eigenvalue weighted by molar-refractivity contribution is -0.136. The van der Waals surface area contributed by atoms with Gasteiger partial charge in [0.2, 0.25) is 5.91 Å². The Balaban J connectivity index is 1.59. The summed E-state index contributed by atoms with van der Waals surface area (Å²) in [6.07, 6.45) is 0.115. The second-order valence-electron chi connectivity index (χ2n) is 6.18. The molecule has 4 N–H and O–H groups in total. The molecule has 1 unspecified atom stereocenters. The number of primary amides is 1. The van der Waals surface area contributed by atoms with Crippen LogP contribution in [0.15, 0.2) is 59.0 Å². The maximum absolute atomic E-state index is 12.1. The van der Waals surface area contributed by atoms with Crippen LogP contribution in [0, 0.1) is 0 Å². The molecule has 0 aliphatic rings. The minimum atomic E-state index is -0.791. The van der Waals surface area contributed by atoms with Crippen LogP contribution in [0.2, 0.25) is 0 Å². The van der Waals surface area contributed by atoms with Crippen LogP contribution in [0.3, 0.4) is 0 Å². The van der Waals surface area contributed by atoms with Gasteiger partial charge in [0, 0.05) is 11.1 Å². The summed E-state index contributed by atoms with van der Waals surface area (Å²) in [4.78, 5) is 35.1. The molecule has 0 spiro atoms. The van der Waals surface area contributed by atoms with E-state index in [1.54, 1.807) is 31.2 Å². The molecule has 0 bridgehead atoms. The van der Waals surface area contributed by atoms with Gasteiger partial charge >= 0.3 is 11.8 Å². The van der Waals surface area contributed by atoms with Gasteiger partial charge in [-0.25, -0.2) is 0 Å². The summed E-state index contributed by atoms with van der Waals surface area (Å²) in [6, 6.07) is 15.4. The summed E-state index contributed by atoms with van der Waals surface area (Å²) < 4.78 is 5.69. The van der Waals surface area contributed by atoms with E-state index < -0.39 is 23.8 Å². The standard InChI is InChI=1S/C20H19N3O4/c1-12(17-11-14-4-2-3-5-16(14)27-17)22-19(25)20(26)23-15-8-6-13(7-9-15)10-18(21)24/h2-9,11-12H,10H2,1H3,(H2,21,24)(H,22,25)(H,23,26). The molecule has 7 nitrogen and oxygen atoms in total. The van der Waals surface area contributed by atoms with Gasteiger partial charge in [0.1, 0.15) is 11.3 Å². The van der Waals surface area contributed by atoms with Crippen molar-refractivity contribution < 1.29 is 18.8 Å². The molecule has 3 amide bonds. The van der Waals surface area contributed by atoms with Gasteiger partial charge in [0.15, 0.2) is 0 Å². The third-order valence-corrected chi connectivity index (χ3v) is 4.02. The van der Waals surface area contributed by atoms with Gasteiger partial charge in [-0.3, -0.25) is 14.4 Å². The van der Waals surface area contributed by atoms with Crippen molar-refractivity contribution in [2.45, 2.75) is 19.4 Å². The van der Waals surface area contributed by atoms with Crippen LogP contribution in [0.5, 0.6) is 0 Å². The normalized spacial score (nSPS) is 11.7. The fraction of sp³-hybridized carbons (Fsp3) is 0.150. The van der Waals surface area contributed by atoms with Crippen molar-refractivity contribution in [1.29, 1.82) is 0 Å². The Morgan fingerprint density at radius 1 is 1.04 bits per heavy atom. The number of nitrogens with two attached hydrogens (primary N) is 1. The predicted octanol–water partition coefficient (Wildman–Crippen LogP) is 2.28. The van der Waals surface area contributed by atoms with Crippen molar-refractivity contribution in [3.63, 3.8) is 0 Å². The summed E-state index contributed by atoms with van der Waals surface area (Å²) in [5, 5.41) is 6.04. The highest BCUT2D eigenvalue weighted by Crippen LogP contribution is 2.23. The molecular weight excluding hydrogens is 346 g/mol. The minimum absolute atomic E-state index is 0.115. The maximum Gasteiger partial charge on any atom is 0.313 e. The minimum Gasteiger partial charge on any atom is -0.459 e. The zero-order chi connectivity index (χ0) is 19.4.